The Balaban J connectivity index is 2.39. The molecule has 0 aliphatic rings. The van der Waals surface area contributed by atoms with Crippen LogP contribution in [0, 0.1) is 0 Å². The van der Waals surface area contributed by atoms with Gasteiger partial charge in [-0.25, -0.2) is 9.78 Å². The summed E-state index contributed by atoms with van der Waals surface area (Å²) >= 11 is 0. The molecule has 0 bridgehead atoms. The number of aromatic nitrogens is 1. The Morgan fingerprint density at radius 3 is 2.44 bits per heavy atom. The Bertz CT molecular complexity index is 859. The highest BCUT2D eigenvalue weighted by Gasteiger charge is 2.27. The predicted molar refractivity (Wildman–Crippen MR) is 91.8 cm³/mol. The van der Waals surface area contributed by atoms with E-state index in [1.807, 2.05) is 0 Å². The van der Waals surface area contributed by atoms with E-state index in [1.165, 1.54) is 19.4 Å². The Labute approximate surface area is 144 Å². The molecule has 0 fully saturated rings. The molecule has 0 aliphatic heterocycles. The summed E-state index contributed by atoms with van der Waals surface area (Å²) in [5.41, 5.74) is -1.81. The number of esters is 1. The summed E-state index contributed by atoms with van der Waals surface area (Å²) in [6.07, 6.45) is 1.37. The number of carbonyl (C=O) groups excluding carboxylic acids is 1. The molecule has 0 saturated carbocycles. The van der Waals surface area contributed by atoms with E-state index in [0.29, 0.717) is 5.69 Å². The maximum atomic E-state index is 12.3. The Morgan fingerprint density at radius 1 is 1.20 bits per heavy atom. The van der Waals surface area contributed by atoms with E-state index in [2.05, 4.69) is 10.3 Å². The lowest BCUT2D eigenvalue weighted by molar-refractivity contribution is 0.00596. The molecule has 0 amide bonds. The number of ether oxygens (including phenoxy) is 3. The fourth-order valence-electron chi connectivity index (χ4n) is 2.13. The minimum atomic E-state index is -0.700. The number of hydrogen-bond acceptors (Lipinski definition) is 8. The molecule has 25 heavy (non-hydrogen) atoms. The van der Waals surface area contributed by atoms with Crippen LogP contribution >= 0.6 is 0 Å². The zero-order valence-corrected chi connectivity index (χ0v) is 14.8. The first-order valence-electron chi connectivity index (χ1n) is 7.69. The average Bonchev–Trinajstić information content (AvgIpc) is 2.55. The second-order valence-corrected chi connectivity index (χ2v) is 6.16. The summed E-state index contributed by atoms with van der Waals surface area (Å²) in [4.78, 5) is 39.6. The van der Waals surface area contributed by atoms with Crippen molar-refractivity contribution in [3.8, 4) is 11.5 Å². The van der Waals surface area contributed by atoms with Gasteiger partial charge in [-0.05, 0) is 33.8 Å². The molecule has 0 spiro atoms. The highest BCUT2D eigenvalue weighted by Crippen LogP contribution is 2.32. The van der Waals surface area contributed by atoms with Crippen LogP contribution in [0.5, 0.6) is 11.5 Å². The number of nitrogens with zero attached hydrogens (tertiary/aromatic N) is 1. The summed E-state index contributed by atoms with van der Waals surface area (Å²) in [6.45, 7) is 7.15. The number of methoxy groups -OCH3 is 1. The molecule has 0 atom stereocenters. The lowest BCUT2D eigenvalue weighted by Crippen LogP contribution is -2.35. The number of nitrogens with one attached hydrogen (secondary N) is 1. The predicted octanol–water partition coefficient (Wildman–Crippen LogP) is 1.78. The van der Waals surface area contributed by atoms with Gasteiger partial charge in [0.25, 0.3) is 10.9 Å². The van der Waals surface area contributed by atoms with Gasteiger partial charge in [-0.2, -0.15) is 0 Å². The highest BCUT2D eigenvalue weighted by molar-refractivity contribution is 5.93. The van der Waals surface area contributed by atoms with E-state index < -0.39 is 22.4 Å². The van der Waals surface area contributed by atoms with E-state index in [-0.39, 0.29) is 29.5 Å². The Morgan fingerprint density at radius 2 is 1.88 bits per heavy atom. The monoisotopic (exact) mass is 348 g/mol. The molecule has 2 aromatic rings. The van der Waals surface area contributed by atoms with E-state index in [0.717, 1.165) is 0 Å². The third-order valence-corrected chi connectivity index (χ3v) is 3.12. The standard InChI is InChI=1S/C17H20N2O6/c1-6-24-15-10(12(20)13(15)21)19-9-7-8-18-11(14(9)23-5)16(22)25-17(2,3)4/h7-8H,6H2,1-5H3,(H,18,19). The molecule has 1 N–H and O–H groups in total. The van der Waals surface area contributed by atoms with Crippen molar-refractivity contribution in [1.29, 1.82) is 0 Å². The summed E-state index contributed by atoms with van der Waals surface area (Å²) < 4.78 is 15.7. The maximum absolute atomic E-state index is 12.3. The molecule has 8 nitrogen and oxygen atoms in total. The molecular weight excluding hydrogens is 328 g/mol. The molecule has 2 rings (SSSR count). The van der Waals surface area contributed by atoms with Gasteiger partial charge in [-0.3, -0.25) is 9.59 Å². The summed E-state index contributed by atoms with van der Waals surface area (Å²) in [5.74, 6) is -0.597. The molecular formula is C17H20N2O6. The van der Waals surface area contributed by atoms with Gasteiger partial charge >= 0.3 is 5.97 Å². The smallest absolute Gasteiger partial charge is 0.361 e. The second kappa shape index (κ2) is 6.92. The average molecular weight is 348 g/mol. The van der Waals surface area contributed by atoms with Gasteiger partial charge in [0, 0.05) is 6.20 Å². The zero-order chi connectivity index (χ0) is 18.8. The van der Waals surface area contributed by atoms with Crippen LogP contribution in [0.25, 0.3) is 0 Å². The van der Waals surface area contributed by atoms with Gasteiger partial charge in [0.15, 0.2) is 17.2 Å². The van der Waals surface area contributed by atoms with E-state index in [1.54, 1.807) is 27.7 Å². The molecule has 0 unspecified atom stereocenters. The highest BCUT2D eigenvalue weighted by atomic mass is 16.6. The SMILES string of the molecule is CCOc1c(Nc2ccnc(C(=O)OC(C)(C)C)c2OC)c(=O)c1=O. The van der Waals surface area contributed by atoms with Crippen molar-refractivity contribution in [3.63, 3.8) is 0 Å². The first-order chi connectivity index (χ1) is 11.7. The van der Waals surface area contributed by atoms with Crippen LogP contribution in [-0.2, 0) is 4.74 Å². The number of carbonyl (C=O) groups is 1. The summed E-state index contributed by atoms with van der Waals surface area (Å²) in [7, 11) is 1.36. The van der Waals surface area contributed by atoms with Crippen molar-refractivity contribution in [3.05, 3.63) is 38.4 Å². The molecule has 0 aliphatic carbocycles. The van der Waals surface area contributed by atoms with E-state index in [4.69, 9.17) is 14.2 Å². The molecule has 1 heterocycles. The van der Waals surface area contributed by atoms with Crippen LogP contribution in [0.3, 0.4) is 0 Å². The lowest BCUT2D eigenvalue weighted by Gasteiger charge is -2.21. The van der Waals surface area contributed by atoms with E-state index >= 15 is 0 Å². The van der Waals surface area contributed by atoms with Crippen molar-refractivity contribution >= 4 is 17.3 Å². The van der Waals surface area contributed by atoms with Gasteiger partial charge in [-0.1, -0.05) is 0 Å². The Kier molecular flexibility index (Phi) is 5.10. The lowest BCUT2D eigenvalue weighted by atomic mass is 10.2. The van der Waals surface area contributed by atoms with Crippen molar-refractivity contribution in [1.82, 2.24) is 4.98 Å². The van der Waals surface area contributed by atoms with Gasteiger partial charge in [-0.15, -0.1) is 0 Å². The first-order valence-corrected chi connectivity index (χ1v) is 7.69. The Hall–Kier alpha value is -2.90. The molecule has 0 saturated heterocycles. The van der Waals surface area contributed by atoms with Crippen molar-refractivity contribution in [2.75, 3.05) is 19.0 Å². The second-order valence-electron chi connectivity index (χ2n) is 6.16. The molecule has 1 aromatic carbocycles. The van der Waals surface area contributed by atoms with Crippen LogP contribution in [-0.4, -0.2) is 30.3 Å². The first kappa shape index (κ1) is 18.4. The van der Waals surface area contributed by atoms with Crippen molar-refractivity contribution < 1.29 is 19.0 Å². The fraction of sp³-hybridized carbons (Fsp3) is 0.412. The van der Waals surface area contributed by atoms with Crippen LogP contribution in [0.4, 0.5) is 11.4 Å². The van der Waals surface area contributed by atoms with E-state index in [9.17, 15) is 14.4 Å². The van der Waals surface area contributed by atoms with Gasteiger partial charge in [0.1, 0.15) is 11.3 Å². The minimum Gasteiger partial charge on any atom is -0.492 e. The third-order valence-electron chi connectivity index (χ3n) is 3.12. The molecule has 134 valence electrons. The fourth-order valence-corrected chi connectivity index (χ4v) is 2.13. The van der Waals surface area contributed by atoms with Crippen LogP contribution in [0.15, 0.2) is 21.9 Å². The number of pyridine rings is 1. The molecule has 1 aromatic heterocycles. The normalized spacial score (nSPS) is 11.2. The van der Waals surface area contributed by atoms with Crippen LogP contribution in [0.1, 0.15) is 38.2 Å². The number of anilines is 2. The van der Waals surface area contributed by atoms with Crippen molar-refractivity contribution in [2.45, 2.75) is 33.3 Å². The minimum absolute atomic E-state index is 0.0199. The summed E-state index contributed by atoms with van der Waals surface area (Å²) in [6, 6.07) is 1.51. The topological polar surface area (TPSA) is 104 Å². The van der Waals surface area contributed by atoms with Gasteiger partial charge < -0.3 is 19.5 Å². The molecule has 8 heteroatoms. The number of hydrogen-bond donors (Lipinski definition) is 1. The summed E-state index contributed by atoms with van der Waals surface area (Å²) in [5, 5.41) is 2.78. The number of rotatable bonds is 6. The quantitative estimate of drug-likeness (QED) is 0.622. The van der Waals surface area contributed by atoms with Gasteiger partial charge in [0.2, 0.25) is 0 Å². The molecule has 0 radical (unpaired) electrons. The van der Waals surface area contributed by atoms with Crippen molar-refractivity contribution in [2.24, 2.45) is 0 Å². The van der Waals surface area contributed by atoms with Crippen LogP contribution in [0.2, 0.25) is 0 Å². The largest absolute Gasteiger partial charge is 0.492 e. The van der Waals surface area contributed by atoms with Gasteiger partial charge in [0.05, 0.1) is 19.4 Å². The third kappa shape index (κ3) is 3.78. The maximum Gasteiger partial charge on any atom is 0.361 e. The van der Waals surface area contributed by atoms with Crippen LogP contribution < -0.4 is 25.6 Å². The zero-order valence-electron chi connectivity index (χ0n) is 14.8.